The van der Waals surface area contributed by atoms with Crippen LogP contribution in [0, 0.1) is 0 Å². The number of rotatable bonds is 6. The van der Waals surface area contributed by atoms with Crippen molar-refractivity contribution in [3.63, 3.8) is 0 Å². The van der Waals surface area contributed by atoms with Gasteiger partial charge in [-0.05, 0) is 48.6 Å². The molecule has 0 amide bonds. The van der Waals surface area contributed by atoms with Gasteiger partial charge >= 0.3 is 0 Å². The van der Waals surface area contributed by atoms with Crippen LogP contribution in [0.15, 0.2) is 60.9 Å². The number of aryl methyl sites for hydroxylation is 1. The summed E-state index contributed by atoms with van der Waals surface area (Å²) >= 11 is 5.72. The van der Waals surface area contributed by atoms with E-state index < -0.39 is 10.0 Å². The first-order chi connectivity index (χ1) is 14.8. The third-order valence-electron chi connectivity index (χ3n) is 5.14. The molecular formula is C21H23N5O3S2. The molecule has 1 aromatic carbocycles. The smallest absolute Gasteiger partial charge is 0.229 e. The largest absolute Gasteiger partial charge is 0.494 e. The SMILES string of the molecule is COc1cc(N2C(=S)N[C@@H](c3ccccn3)[C@H]2c2cccn2C)ccc1NS(C)(=O)=O. The molecule has 3 aromatic rings. The lowest BCUT2D eigenvalue weighted by Gasteiger charge is -2.28. The summed E-state index contributed by atoms with van der Waals surface area (Å²) in [6, 6.07) is 14.8. The maximum absolute atomic E-state index is 11.7. The van der Waals surface area contributed by atoms with Gasteiger partial charge in [-0.3, -0.25) is 9.71 Å². The predicted octanol–water partition coefficient (Wildman–Crippen LogP) is 2.98. The highest BCUT2D eigenvalue weighted by Crippen LogP contribution is 2.43. The van der Waals surface area contributed by atoms with Gasteiger partial charge in [0.05, 0.1) is 30.8 Å². The molecule has 1 aliphatic rings. The Bertz CT molecular complexity index is 1210. The molecule has 162 valence electrons. The lowest BCUT2D eigenvalue weighted by Crippen LogP contribution is -2.30. The zero-order valence-electron chi connectivity index (χ0n) is 17.3. The van der Waals surface area contributed by atoms with E-state index in [1.807, 2.05) is 48.5 Å². The van der Waals surface area contributed by atoms with Crippen molar-refractivity contribution in [2.24, 2.45) is 7.05 Å². The Morgan fingerprint density at radius 1 is 1.19 bits per heavy atom. The van der Waals surface area contributed by atoms with Crippen LogP contribution >= 0.6 is 12.2 Å². The Kier molecular flexibility index (Phi) is 5.59. The van der Waals surface area contributed by atoms with Gasteiger partial charge in [0.25, 0.3) is 0 Å². The summed E-state index contributed by atoms with van der Waals surface area (Å²) < 4.78 is 33.4. The van der Waals surface area contributed by atoms with Crippen molar-refractivity contribution in [1.29, 1.82) is 0 Å². The van der Waals surface area contributed by atoms with Crippen LogP contribution in [-0.4, -0.2) is 36.4 Å². The van der Waals surface area contributed by atoms with Crippen LogP contribution in [0.4, 0.5) is 11.4 Å². The molecule has 10 heteroatoms. The molecule has 1 aliphatic heterocycles. The first kappa shape index (κ1) is 21.1. The molecule has 4 rings (SSSR count). The van der Waals surface area contributed by atoms with Gasteiger partial charge in [-0.1, -0.05) is 6.07 Å². The number of hydrogen-bond donors (Lipinski definition) is 2. The Morgan fingerprint density at radius 3 is 2.61 bits per heavy atom. The number of thiocarbonyl (C=S) groups is 1. The van der Waals surface area contributed by atoms with E-state index in [4.69, 9.17) is 17.0 Å². The molecule has 8 nitrogen and oxygen atoms in total. The fourth-order valence-corrected chi connectivity index (χ4v) is 4.74. The number of ether oxygens (including phenoxy) is 1. The van der Waals surface area contributed by atoms with E-state index in [0.29, 0.717) is 16.5 Å². The molecule has 0 saturated carbocycles. The third-order valence-corrected chi connectivity index (χ3v) is 6.05. The number of nitrogens with one attached hydrogen (secondary N) is 2. The van der Waals surface area contributed by atoms with Gasteiger partial charge < -0.3 is 19.5 Å². The van der Waals surface area contributed by atoms with Crippen molar-refractivity contribution < 1.29 is 13.2 Å². The van der Waals surface area contributed by atoms with E-state index in [1.54, 1.807) is 18.3 Å². The van der Waals surface area contributed by atoms with E-state index in [-0.39, 0.29) is 12.1 Å². The Labute approximate surface area is 186 Å². The van der Waals surface area contributed by atoms with Gasteiger partial charge in [0.1, 0.15) is 11.8 Å². The summed E-state index contributed by atoms with van der Waals surface area (Å²) in [5.74, 6) is 0.401. The van der Waals surface area contributed by atoms with E-state index in [0.717, 1.165) is 23.3 Å². The van der Waals surface area contributed by atoms with E-state index in [2.05, 4.69) is 25.7 Å². The van der Waals surface area contributed by atoms with Crippen LogP contribution in [0.3, 0.4) is 0 Å². The molecule has 0 spiro atoms. The number of anilines is 2. The standard InChI is InChI=1S/C21H23N5O3S2/c1-25-12-6-8-17(25)20-19(16-7-4-5-11-22-16)23-21(30)26(20)14-9-10-15(18(13-14)29-2)24-31(3,27)28/h4-13,19-20,24H,1-3H3,(H,23,30)/t19-,20+/m0/s1. The maximum Gasteiger partial charge on any atom is 0.229 e. The summed E-state index contributed by atoms with van der Waals surface area (Å²) in [6.07, 6.45) is 4.85. The second-order valence-electron chi connectivity index (χ2n) is 7.30. The number of aromatic nitrogens is 2. The number of pyridine rings is 1. The Balaban J connectivity index is 1.81. The van der Waals surface area contributed by atoms with Crippen molar-refractivity contribution >= 4 is 38.7 Å². The lowest BCUT2D eigenvalue weighted by molar-refractivity contribution is 0.417. The number of benzene rings is 1. The van der Waals surface area contributed by atoms with Crippen molar-refractivity contribution in [1.82, 2.24) is 14.9 Å². The molecule has 1 fully saturated rings. The number of nitrogens with zero attached hydrogens (tertiary/aromatic N) is 3. The van der Waals surface area contributed by atoms with Gasteiger partial charge in [0.2, 0.25) is 10.0 Å². The van der Waals surface area contributed by atoms with E-state index in [1.165, 1.54) is 7.11 Å². The molecule has 31 heavy (non-hydrogen) atoms. The summed E-state index contributed by atoms with van der Waals surface area (Å²) in [7, 11) is 0.0463. The fraction of sp³-hybridized carbons (Fsp3) is 0.238. The van der Waals surface area contributed by atoms with Gasteiger partial charge in [-0.2, -0.15) is 0 Å². The van der Waals surface area contributed by atoms with Crippen LogP contribution < -0.4 is 19.7 Å². The number of methoxy groups -OCH3 is 1. The molecule has 0 aliphatic carbocycles. The molecule has 2 atom stereocenters. The van der Waals surface area contributed by atoms with Gasteiger partial charge in [0.15, 0.2) is 5.11 Å². The maximum atomic E-state index is 11.7. The second-order valence-corrected chi connectivity index (χ2v) is 9.43. The van der Waals surface area contributed by atoms with Crippen molar-refractivity contribution in [2.45, 2.75) is 12.1 Å². The second kappa shape index (κ2) is 8.20. The fourth-order valence-electron chi connectivity index (χ4n) is 3.83. The van der Waals surface area contributed by atoms with Crippen LogP contribution in [0.1, 0.15) is 23.5 Å². The molecule has 0 unspecified atom stereocenters. The minimum Gasteiger partial charge on any atom is -0.494 e. The normalized spacial score (nSPS) is 18.7. The predicted molar refractivity (Wildman–Crippen MR) is 125 cm³/mol. The highest BCUT2D eigenvalue weighted by molar-refractivity contribution is 7.92. The van der Waals surface area contributed by atoms with E-state index in [9.17, 15) is 8.42 Å². The van der Waals surface area contributed by atoms with Crippen LogP contribution in [0.2, 0.25) is 0 Å². The third kappa shape index (κ3) is 4.21. The van der Waals surface area contributed by atoms with Gasteiger partial charge in [-0.15, -0.1) is 0 Å². The number of sulfonamides is 1. The summed E-state index contributed by atoms with van der Waals surface area (Å²) in [6.45, 7) is 0. The minimum atomic E-state index is -3.44. The van der Waals surface area contributed by atoms with Crippen molar-refractivity contribution in [2.75, 3.05) is 23.0 Å². The van der Waals surface area contributed by atoms with Crippen LogP contribution in [0.5, 0.6) is 5.75 Å². The lowest BCUT2D eigenvalue weighted by atomic mass is 10.0. The van der Waals surface area contributed by atoms with Crippen molar-refractivity contribution in [3.8, 4) is 5.75 Å². The summed E-state index contributed by atoms with van der Waals surface area (Å²) in [4.78, 5) is 6.55. The topological polar surface area (TPSA) is 88.5 Å². The summed E-state index contributed by atoms with van der Waals surface area (Å²) in [5.41, 5.74) is 3.07. The molecule has 0 radical (unpaired) electrons. The highest BCUT2D eigenvalue weighted by Gasteiger charge is 2.42. The zero-order chi connectivity index (χ0) is 22.2. The minimum absolute atomic E-state index is 0.165. The average molecular weight is 458 g/mol. The molecule has 0 bridgehead atoms. The number of hydrogen-bond acceptors (Lipinski definition) is 5. The Hall–Kier alpha value is -3.11. The Morgan fingerprint density at radius 2 is 2.00 bits per heavy atom. The highest BCUT2D eigenvalue weighted by atomic mass is 32.2. The van der Waals surface area contributed by atoms with Gasteiger partial charge in [0, 0.05) is 36.9 Å². The molecular weight excluding hydrogens is 434 g/mol. The first-order valence-corrected chi connectivity index (χ1v) is 11.9. The quantitative estimate of drug-likeness (QED) is 0.550. The first-order valence-electron chi connectivity index (χ1n) is 9.56. The van der Waals surface area contributed by atoms with E-state index >= 15 is 0 Å². The zero-order valence-corrected chi connectivity index (χ0v) is 18.9. The molecule has 2 aromatic heterocycles. The molecule has 3 heterocycles. The summed E-state index contributed by atoms with van der Waals surface area (Å²) in [5, 5.41) is 3.95. The van der Waals surface area contributed by atoms with Crippen LogP contribution in [-0.2, 0) is 17.1 Å². The van der Waals surface area contributed by atoms with Crippen LogP contribution in [0.25, 0.3) is 0 Å². The van der Waals surface area contributed by atoms with Crippen molar-refractivity contribution in [3.05, 3.63) is 72.3 Å². The monoisotopic (exact) mass is 457 g/mol. The average Bonchev–Trinajstić information content (AvgIpc) is 3.30. The van der Waals surface area contributed by atoms with Gasteiger partial charge in [-0.25, -0.2) is 8.42 Å². The molecule has 2 N–H and O–H groups in total. The molecule has 1 saturated heterocycles.